The van der Waals surface area contributed by atoms with Crippen LogP contribution in [-0.2, 0) is 6.42 Å². The number of nitrogen functional groups attached to an aromatic ring is 1. The Balaban J connectivity index is 1.77. The summed E-state index contributed by atoms with van der Waals surface area (Å²) in [6.45, 7) is 14.1. The fourth-order valence-corrected chi connectivity index (χ4v) is 6.08. The van der Waals surface area contributed by atoms with Crippen molar-refractivity contribution < 1.29 is 4.52 Å². The highest BCUT2D eigenvalue weighted by molar-refractivity contribution is 5.61. The SMILES string of the molecule is CCc1noc(-c2nc(C3CCCCCC(CC)(CC(CC)CC)CCC(C)(C)CC3)cnc2N)n1. The molecule has 36 heavy (non-hydrogen) atoms. The van der Waals surface area contributed by atoms with E-state index < -0.39 is 0 Å². The Morgan fingerprint density at radius 2 is 1.75 bits per heavy atom. The van der Waals surface area contributed by atoms with Gasteiger partial charge in [-0.05, 0) is 61.7 Å². The highest BCUT2D eigenvalue weighted by Crippen LogP contribution is 2.46. The molecule has 2 N–H and O–H groups in total. The summed E-state index contributed by atoms with van der Waals surface area (Å²) in [6, 6.07) is 0. The van der Waals surface area contributed by atoms with Crippen LogP contribution in [0.5, 0.6) is 0 Å². The Morgan fingerprint density at radius 3 is 2.42 bits per heavy atom. The van der Waals surface area contributed by atoms with Crippen molar-refractivity contribution in [1.82, 2.24) is 20.1 Å². The topological polar surface area (TPSA) is 90.7 Å². The first-order valence-electron chi connectivity index (χ1n) is 14.7. The Morgan fingerprint density at radius 1 is 0.972 bits per heavy atom. The van der Waals surface area contributed by atoms with Gasteiger partial charge in [0.25, 0.3) is 5.89 Å². The smallest absolute Gasteiger partial charge is 0.280 e. The number of hydrogen-bond donors (Lipinski definition) is 1. The maximum absolute atomic E-state index is 6.18. The van der Waals surface area contributed by atoms with Crippen molar-refractivity contribution in [1.29, 1.82) is 0 Å². The standard InChI is InChI=1S/C30H51N5O/c1-7-22(8-2)20-30(10-4)16-13-11-12-14-23(15-17-29(5,6)18-19-30)24-21-32-27(31)26(33-24)28-34-25(9-3)35-36-28/h21-23H,7-20H2,1-6H3,(H2,31,32). The largest absolute Gasteiger partial charge is 0.382 e. The van der Waals surface area contributed by atoms with E-state index in [0.717, 1.165) is 24.5 Å². The van der Waals surface area contributed by atoms with Crippen LogP contribution in [0.1, 0.15) is 142 Å². The van der Waals surface area contributed by atoms with Crippen LogP contribution >= 0.6 is 0 Å². The van der Waals surface area contributed by atoms with Gasteiger partial charge < -0.3 is 10.3 Å². The molecular weight excluding hydrogens is 446 g/mol. The highest BCUT2D eigenvalue weighted by atomic mass is 16.5. The maximum atomic E-state index is 6.18. The predicted molar refractivity (Wildman–Crippen MR) is 149 cm³/mol. The van der Waals surface area contributed by atoms with Crippen LogP contribution in [0.15, 0.2) is 10.7 Å². The Kier molecular flexibility index (Phi) is 10.3. The Bertz CT molecular complexity index is 935. The van der Waals surface area contributed by atoms with E-state index in [2.05, 4.69) is 49.7 Å². The van der Waals surface area contributed by atoms with Crippen LogP contribution in [0.3, 0.4) is 0 Å². The van der Waals surface area contributed by atoms with Gasteiger partial charge in [0.1, 0.15) is 0 Å². The zero-order chi connectivity index (χ0) is 26.2. The molecule has 1 fully saturated rings. The number of anilines is 1. The molecule has 1 aliphatic carbocycles. The van der Waals surface area contributed by atoms with E-state index in [4.69, 9.17) is 15.2 Å². The highest BCUT2D eigenvalue weighted by Gasteiger charge is 2.33. The molecule has 2 aromatic rings. The number of nitrogens with zero attached hydrogens (tertiary/aromatic N) is 4. The van der Waals surface area contributed by atoms with Gasteiger partial charge in [0.2, 0.25) is 0 Å². The molecule has 1 aliphatic rings. The van der Waals surface area contributed by atoms with E-state index in [1.54, 1.807) is 0 Å². The fourth-order valence-electron chi connectivity index (χ4n) is 6.08. The Hall–Kier alpha value is -1.98. The summed E-state index contributed by atoms with van der Waals surface area (Å²) in [5.74, 6) is 2.64. The fraction of sp³-hybridized carbons (Fsp3) is 0.800. The summed E-state index contributed by atoms with van der Waals surface area (Å²) in [6.07, 6.45) is 19.3. The molecule has 0 amide bonds. The quantitative estimate of drug-likeness (QED) is 0.393. The summed E-state index contributed by atoms with van der Waals surface area (Å²) < 4.78 is 5.44. The van der Waals surface area contributed by atoms with Crippen LogP contribution in [0.4, 0.5) is 5.82 Å². The zero-order valence-electron chi connectivity index (χ0n) is 23.9. The summed E-state index contributed by atoms with van der Waals surface area (Å²) in [4.78, 5) is 13.9. The van der Waals surface area contributed by atoms with E-state index in [-0.39, 0.29) is 0 Å². The third-order valence-corrected chi connectivity index (χ3v) is 9.11. The third kappa shape index (κ3) is 7.52. The zero-order valence-corrected chi connectivity index (χ0v) is 23.9. The number of aryl methyl sites for hydroxylation is 1. The van der Waals surface area contributed by atoms with Gasteiger partial charge in [-0.15, -0.1) is 0 Å². The van der Waals surface area contributed by atoms with Crippen molar-refractivity contribution in [2.45, 2.75) is 137 Å². The van der Waals surface area contributed by atoms with Crippen molar-refractivity contribution in [2.24, 2.45) is 16.7 Å². The van der Waals surface area contributed by atoms with Gasteiger partial charge >= 0.3 is 0 Å². The molecule has 0 aromatic carbocycles. The lowest BCUT2D eigenvalue weighted by molar-refractivity contribution is 0.124. The molecule has 0 aliphatic heterocycles. The maximum Gasteiger partial charge on any atom is 0.280 e. The van der Waals surface area contributed by atoms with E-state index in [0.29, 0.717) is 46.4 Å². The van der Waals surface area contributed by atoms with Crippen molar-refractivity contribution >= 4 is 5.82 Å². The van der Waals surface area contributed by atoms with E-state index in [1.807, 2.05) is 13.1 Å². The molecule has 3 rings (SSSR count). The normalized spacial score (nSPS) is 23.8. The Labute approximate surface area is 219 Å². The molecular formula is C30H51N5O. The first-order valence-corrected chi connectivity index (χ1v) is 14.7. The van der Waals surface area contributed by atoms with Gasteiger partial charge in [-0.2, -0.15) is 4.98 Å². The monoisotopic (exact) mass is 497 g/mol. The van der Waals surface area contributed by atoms with Gasteiger partial charge in [0.15, 0.2) is 17.3 Å². The first-order chi connectivity index (χ1) is 17.2. The van der Waals surface area contributed by atoms with Crippen molar-refractivity contribution in [2.75, 3.05) is 5.73 Å². The lowest BCUT2D eigenvalue weighted by Gasteiger charge is -2.39. The van der Waals surface area contributed by atoms with Crippen LogP contribution in [0.25, 0.3) is 11.6 Å². The molecule has 2 heterocycles. The van der Waals surface area contributed by atoms with E-state index in [9.17, 15) is 0 Å². The molecule has 0 saturated heterocycles. The summed E-state index contributed by atoms with van der Waals surface area (Å²) in [7, 11) is 0. The summed E-state index contributed by atoms with van der Waals surface area (Å²) in [5, 5.41) is 4.02. The third-order valence-electron chi connectivity index (χ3n) is 9.11. The lowest BCUT2D eigenvalue weighted by Crippen LogP contribution is -2.27. The van der Waals surface area contributed by atoms with E-state index >= 15 is 0 Å². The van der Waals surface area contributed by atoms with Crippen LogP contribution in [0.2, 0.25) is 0 Å². The molecule has 2 unspecified atom stereocenters. The molecule has 6 nitrogen and oxygen atoms in total. The molecule has 202 valence electrons. The molecule has 2 atom stereocenters. The van der Waals surface area contributed by atoms with Gasteiger partial charge in [-0.25, -0.2) is 9.97 Å². The summed E-state index contributed by atoms with van der Waals surface area (Å²) in [5.41, 5.74) is 8.55. The van der Waals surface area contributed by atoms with Gasteiger partial charge in [0.05, 0.1) is 11.9 Å². The van der Waals surface area contributed by atoms with E-state index in [1.165, 1.54) is 70.6 Å². The van der Waals surface area contributed by atoms with Crippen molar-refractivity contribution in [3.8, 4) is 11.6 Å². The minimum Gasteiger partial charge on any atom is -0.382 e. The average Bonchev–Trinajstić information content (AvgIpc) is 3.36. The number of nitrogens with two attached hydrogens (primary N) is 1. The van der Waals surface area contributed by atoms with Gasteiger partial charge in [-0.3, -0.25) is 0 Å². The van der Waals surface area contributed by atoms with Crippen LogP contribution < -0.4 is 5.73 Å². The molecule has 0 bridgehead atoms. The summed E-state index contributed by atoms with van der Waals surface area (Å²) >= 11 is 0. The molecule has 0 spiro atoms. The lowest BCUT2D eigenvalue weighted by atomic mass is 9.66. The minimum absolute atomic E-state index is 0.318. The molecule has 2 aromatic heterocycles. The number of rotatable bonds is 8. The molecule has 6 heteroatoms. The minimum atomic E-state index is 0.318. The second kappa shape index (κ2) is 13.0. The van der Waals surface area contributed by atoms with Gasteiger partial charge in [0, 0.05) is 12.3 Å². The van der Waals surface area contributed by atoms with Crippen molar-refractivity contribution in [3.05, 3.63) is 17.7 Å². The average molecular weight is 498 g/mol. The second-order valence-corrected chi connectivity index (χ2v) is 12.1. The molecule has 1 saturated carbocycles. The number of hydrogen-bond acceptors (Lipinski definition) is 6. The van der Waals surface area contributed by atoms with Crippen molar-refractivity contribution in [3.63, 3.8) is 0 Å². The first kappa shape index (κ1) is 28.6. The van der Waals surface area contributed by atoms with Crippen LogP contribution in [-0.4, -0.2) is 20.1 Å². The van der Waals surface area contributed by atoms with Crippen LogP contribution in [0, 0.1) is 16.7 Å². The number of aromatic nitrogens is 4. The predicted octanol–water partition coefficient (Wildman–Crippen LogP) is 8.53. The molecule has 0 radical (unpaired) electrons. The second-order valence-electron chi connectivity index (χ2n) is 12.1. The van der Waals surface area contributed by atoms with Gasteiger partial charge in [-0.1, -0.05) is 85.2 Å².